The first-order valence-corrected chi connectivity index (χ1v) is 8.60. The van der Waals surface area contributed by atoms with Gasteiger partial charge >= 0.3 is 0 Å². The van der Waals surface area contributed by atoms with Crippen LogP contribution in [0.4, 0.5) is 0 Å². The number of fused-ring (bicyclic) bond motifs is 1. The molecule has 0 radical (unpaired) electrons. The molecule has 0 aliphatic rings. The van der Waals surface area contributed by atoms with Gasteiger partial charge < -0.3 is 9.47 Å². The van der Waals surface area contributed by atoms with Crippen LogP contribution in [-0.2, 0) is 9.47 Å². The maximum Gasteiger partial charge on any atom is 0.150 e. The molecule has 2 aromatic rings. The molecule has 2 atom stereocenters. The molecule has 0 aliphatic heterocycles. The summed E-state index contributed by atoms with van der Waals surface area (Å²) in [4.78, 5) is 20.1. The number of hydrogen-bond donors (Lipinski definition) is 0. The number of nitrogens with zero attached hydrogens (tertiary/aromatic N) is 2. The van der Waals surface area contributed by atoms with E-state index < -0.39 is 0 Å². The summed E-state index contributed by atoms with van der Waals surface area (Å²) in [6.07, 6.45) is 0.348. The molecule has 0 spiro atoms. The lowest BCUT2D eigenvalue weighted by Gasteiger charge is -2.04. The van der Waals surface area contributed by atoms with Crippen LogP contribution in [0.15, 0.2) is 18.2 Å². The summed E-state index contributed by atoms with van der Waals surface area (Å²) in [5.41, 5.74) is 2.75. The Balaban J connectivity index is 2.51. The Labute approximate surface area is 154 Å². The molecule has 5 heteroatoms. The van der Waals surface area contributed by atoms with E-state index in [-0.39, 0.29) is 12.2 Å². The Hall–Kier alpha value is -2.73. The third kappa shape index (κ3) is 5.39. The van der Waals surface area contributed by atoms with Gasteiger partial charge in [-0.25, -0.2) is 9.97 Å². The van der Waals surface area contributed by atoms with Crippen LogP contribution >= 0.6 is 0 Å². The Kier molecular flexibility index (Phi) is 7.29. The van der Waals surface area contributed by atoms with Gasteiger partial charge in [0, 0.05) is 18.8 Å². The van der Waals surface area contributed by atoms with Crippen molar-refractivity contribution < 1.29 is 14.3 Å². The van der Waals surface area contributed by atoms with Gasteiger partial charge in [-0.05, 0) is 57.7 Å². The van der Waals surface area contributed by atoms with Gasteiger partial charge in [0.15, 0.2) is 0 Å². The van der Waals surface area contributed by atoms with Gasteiger partial charge in [0.1, 0.15) is 29.9 Å². The molecule has 0 bridgehead atoms. The summed E-state index contributed by atoms with van der Waals surface area (Å²) in [5.74, 6) is 12.0. The van der Waals surface area contributed by atoms with E-state index in [1.807, 2.05) is 27.7 Å². The van der Waals surface area contributed by atoms with Crippen LogP contribution in [0, 0.1) is 23.7 Å². The molecule has 0 N–H and O–H groups in total. The summed E-state index contributed by atoms with van der Waals surface area (Å²) in [7, 11) is 0. The predicted octanol–water partition coefficient (Wildman–Crippen LogP) is 3.00. The molecule has 5 nitrogen and oxygen atoms in total. The minimum Gasteiger partial charge on any atom is -0.366 e. The van der Waals surface area contributed by atoms with Gasteiger partial charge in [0.2, 0.25) is 0 Å². The van der Waals surface area contributed by atoms with Gasteiger partial charge in [0.05, 0.1) is 11.0 Å². The number of carbonyl (C=O) groups excluding carboxylic acids is 1. The van der Waals surface area contributed by atoms with Crippen LogP contribution in [0.25, 0.3) is 11.0 Å². The van der Waals surface area contributed by atoms with E-state index in [1.54, 1.807) is 18.2 Å². The number of rotatable bonds is 5. The Morgan fingerprint density at radius 2 is 1.50 bits per heavy atom. The number of benzene rings is 1. The van der Waals surface area contributed by atoms with Gasteiger partial charge in [-0.1, -0.05) is 11.8 Å². The molecule has 1 aromatic heterocycles. The quantitative estimate of drug-likeness (QED) is 0.613. The fourth-order valence-electron chi connectivity index (χ4n) is 2.24. The summed E-state index contributed by atoms with van der Waals surface area (Å²) in [6.45, 7) is 8.76. The molecular formula is C21H22N2O3. The third-order valence-corrected chi connectivity index (χ3v) is 3.45. The van der Waals surface area contributed by atoms with Crippen LogP contribution in [0.2, 0.25) is 0 Å². The lowest BCUT2D eigenvalue weighted by Crippen LogP contribution is -2.06. The van der Waals surface area contributed by atoms with Gasteiger partial charge in [-0.15, -0.1) is 0 Å². The first-order chi connectivity index (χ1) is 12.6. The number of aromatic nitrogens is 2. The Bertz CT molecular complexity index is 900. The average molecular weight is 350 g/mol. The van der Waals surface area contributed by atoms with Crippen LogP contribution < -0.4 is 0 Å². The maximum absolute atomic E-state index is 11.0. The van der Waals surface area contributed by atoms with Crippen molar-refractivity contribution in [1.29, 1.82) is 0 Å². The number of ether oxygens (including phenoxy) is 2. The largest absolute Gasteiger partial charge is 0.366 e. The SMILES string of the molecule is CCOC(C)C#Cc1nc2ccc(C=O)cc2nc1C#CC(C)OCC. The van der Waals surface area contributed by atoms with Crippen molar-refractivity contribution in [3.05, 3.63) is 35.2 Å². The second-order valence-corrected chi connectivity index (χ2v) is 5.52. The first kappa shape index (κ1) is 19.6. The van der Waals surface area contributed by atoms with E-state index in [1.165, 1.54) is 0 Å². The van der Waals surface area contributed by atoms with E-state index in [9.17, 15) is 4.79 Å². The van der Waals surface area contributed by atoms with Crippen molar-refractivity contribution >= 4 is 17.3 Å². The normalized spacial score (nSPS) is 12.5. The number of carbonyl (C=O) groups is 1. The molecule has 134 valence electrons. The van der Waals surface area contributed by atoms with Crippen molar-refractivity contribution in [3.63, 3.8) is 0 Å². The Morgan fingerprint density at radius 3 is 2.00 bits per heavy atom. The Morgan fingerprint density at radius 1 is 0.962 bits per heavy atom. The molecule has 1 aromatic carbocycles. The second-order valence-electron chi connectivity index (χ2n) is 5.52. The monoisotopic (exact) mass is 350 g/mol. The number of hydrogen-bond acceptors (Lipinski definition) is 5. The molecule has 0 fully saturated rings. The fraction of sp³-hybridized carbons (Fsp3) is 0.381. The van der Waals surface area contributed by atoms with E-state index in [0.29, 0.717) is 41.2 Å². The first-order valence-electron chi connectivity index (χ1n) is 8.60. The number of aldehydes is 1. The molecule has 0 aliphatic carbocycles. The van der Waals surface area contributed by atoms with E-state index in [4.69, 9.17) is 9.47 Å². The lowest BCUT2D eigenvalue weighted by atomic mass is 10.2. The minimum atomic E-state index is -0.220. The highest BCUT2D eigenvalue weighted by Crippen LogP contribution is 2.14. The molecule has 0 saturated heterocycles. The zero-order valence-corrected chi connectivity index (χ0v) is 15.5. The summed E-state index contributed by atoms with van der Waals surface area (Å²) in [5, 5.41) is 0. The fourth-order valence-corrected chi connectivity index (χ4v) is 2.24. The van der Waals surface area contributed by atoms with Gasteiger partial charge in [-0.2, -0.15) is 0 Å². The summed E-state index contributed by atoms with van der Waals surface area (Å²) in [6, 6.07) is 5.14. The highest BCUT2D eigenvalue weighted by atomic mass is 16.5. The van der Waals surface area contributed by atoms with Crippen LogP contribution in [0.5, 0.6) is 0 Å². The highest BCUT2D eigenvalue weighted by molar-refractivity contribution is 5.85. The van der Waals surface area contributed by atoms with Crippen LogP contribution in [0.3, 0.4) is 0 Å². The molecule has 2 rings (SSSR count). The van der Waals surface area contributed by atoms with E-state index >= 15 is 0 Å². The van der Waals surface area contributed by atoms with E-state index in [2.05, 4.69) is 33.6 Å². The summed E-state index contributed by atoms with van der Waals surface area (Å²) >= 11 is 0. The molecule has 26 heavy (non-hydrogen) atoms. The maximum atomic E-state index is 11.0. The van der Waals surface area contributed by atoms with Crippen molar-refractivity contribution in [2.45, 2.75) is 39.9 Å². The van der Waals surface area contributed by atoms with E-state index in [0.717, 1.165) is 6.29 Å². The van der Waals surface area contributed by atoms with Crippen LogP contribution in [0.1, 0.15) is 49.4 Å². The standard InChI is InChI=1S/C21H22N2O3/c1-5-25-15(3)7-10-18-19(11-8-16(4)26-6-2)23-21-13-17(14-24)9-12-20(21)22-18/h9,12-16H,5-6H2,1-4H3. The average Bonchev–Trinajstić information content (AvgIpc) is 2.64. The van der Waals surface area contributed by atoms with Crippen molar-refractivity contribution in [1.82, 2.24) is 9.97 Å². The second kappa shape index (κ2) is 9.68. The smallest absolute Gasteiger partial charge is 0.150 e. The minimum absolute atomic E-state index is 0.210. The van der Waals surface area contributed by atoms with Gasteiger partial charge in [-0.3, -0.25) is 4.79 Å². The molecule has 2 unspecified atom stereocenters. The molecular weight excluding hydrogens is 328 g/mol. The lowest BCUT2D eigenvalue weighted by molar-refractivity contribution is 0.112. The highest BCUT2D eigenvalue weighted by Gasteiger charge is 2.07. The topological polar surface area (TPSA) is 61.3 Å². The predicted molar refractivity (Wildman–Crippen MR) is 101 cm³/mol. The summed E-state index contributed by atoms with van der Waals surface area (Å²) < 4.78 is 10.9. The third-order valence-electron chi connectivity index (χ3n) is 3.45. The van der Waals surface area contributed by atoms with Crippen LogP contribution in [-0.4, -0.2) is 41.7 Å². The molecule has 0 amide bonds. The van der Waals surface area contributed by atoms with Crippen molar-refractivity contribution in [2.24, 2.45) is 0 Å². The van der Waals surface area contributed by atoms with Gasteiger partial charge in [0.25, 0.3) is 0 Å². The van der Waals surface area contributed by atoms with Crippen molar-refractivity contribution in [3.8, 4) is 23.7 Å². The molecule has 1 heterocycles. The van der Waals surface area contributed by atoms with Crippen molar-refractivity contribution in [2.75, 3.05) is 13.2 Å². The zero-order valence-electron chi connectivity index (χ0n) is 15.5. The zero-order chi connectivity index (χ0) is 18.9. The molecule has 0 saturated carbocycles.